The summed E-state index contributed by atoms with van der Waals surface area (Å²) in [5.41, 5.74) is 0.966. The van der Waals surface area contributed by atoms with E-state index in [0.29, 0.717) is 37.2 Å². The molecule has 1 aromatic heterocycles. The van der Waals surface area contributed by atoms with E-state index in [-0.39, 0.29) is 29.3 Å². The van der Waals surface area contributed by atoms with Gasteiger partial charge >= 0.3 is 0 Å². The highest BCUT2D eigenvalue weighted by atomic mass is 19.1. The van der Waals surface area contributed by atoms with Crippen LogP contribution in [0.4, 0.5) is 10.2 Å². The van der Waals surface area contributed by atoms with Gasteiger partial charge in [-0.2, -0.15) is 5.26 Å². The molecule has 7 heteroatoms. The molecule has 1 aliphatic carbocycles. The summed E-state index contributed by atoms with van der Waals surface area (Å²) in [5.74, 6) is 0.847. The molecule has 1 amide bonds. The number of nitriles is 1. The van der Waals surface area contributed by atoms with E-state index >= 15 is 0 Å². The average molecular weight is 405 g/mol. The number of pyridine rings is 1. The van der Waals surface area contributed by atoms with Crippen molar-refractivity contribution in [3.05, 3.63) is 59.5 Å². The maximum absolute atomic E-state index is 14.1. The fourth-order valence-corrected chi connectivity index (χ4v) is 4.87. The molecule has 2 bridgehead atoms. The van der Waals surface area contributed by atoms with Crippen LogP contribution < -0.4 is 10.2 Å². The fourth-order valence-electron chi connectivity index (χ4n) is 4.87. The van der Waals surface area contributed by atoms with Crippen molar-refractivity contribution in [3.63, 3.8) is 0 Å². The first-order valence-electron chi connectivity index (χ1n) is 10.5. The fraction of sp³-hybridized carbons (Fsp3) is 0.435. The highest BCUT2D eigenvalue weighted by molar-refractivity contribution is 5.77. The van der Waals surface area contributed by atoms with Gasteiger partial charge in [0.05, 0.1) is 17.6 Å². The van der Waals surface area contributed by atoms with Gasteiger partial charge in [-0.1, -0.05) is 18.2 Å². The molecule has 2 unspecified atom stereocenters. The third-order valence-electron chi connectivity index (χ3n) is 6.63. The van der Waals surface area contributed by atoms with Crippen LogP contribution in [0.3, 0.4) is 0 Å². The minimum atomic E-state index is -0.298. The van der Waals surface area contributed by atoms with Crippen molar-refractivity contribution in [2.45, 2.75) is 43.3 Å². The SMILES string of the molecule is N#Cc1ccc(N2C3CC2CN(C(=O)CCNC2(c4ccccc4F)CC2)C3)nc1. The molecule has 1 N–H and O–H groups in total. The van der Waals surface area contributed by atoms with Crippen molar-refractivity contribution in [2.75, 3.05) is 24.5 Å². The molecule has 30 heavy (non-hydrogen) atoms. The van der Waals surface area contributed by atoms with Crippen LogP contribution in [0, 0.1) is 17.1 Å². The zero-order valence-electron chi connectivity index (χ0n) is 16.7. The second-order valence-corrected chi connectivity index (χ2v) is 8.50. The third-order valence-corrected chi connectivity index (χ3v) is 6.63. The van der Waals surface area contributed by atoms with E-state index in [1.807, 2.05) is 23.1 Å². The number of rotatable bonds is 6. The Bertz CT molecular complexity index is 985. The van der Waals surface area contributed by atoms with Crippen LogP contribution >= 0.6 is 0 Å². The van der Waals surface area contributed by atoms with Crippen LogP contribution in [0.1, 0.15) is 36.8 Å². The lowest BCUT2D eigenvalue weighted by Gasteiger charge is -2.57. The zero-order chi connectivity index (χ0) is 20.7. The van der Waals surface area contributed by atoms with Crippen molar-refractivity contribution in [1.29, 1.82) is 5.26 Å². The molecule has 154 valence electrons. The van der Waals surface area contributed by atoms with Crippen LogP contribution in [0.2, 0.25) is 0 Å². The summed E-state index contributed by atoms with van der Waals surface area (Å²) in [6, 6.07) is 13.2. The first-order chi connectivity index (χ1) is 14.6. The number of halogens is 1. The Balaban J connectivity index is 1.14. The summed E-state index contributed by atoms with van der Waals surface area (Å²) in [5, 5.41) is 12.4. The molecule has 3 aliphatic heterocycles. The molecule has 2 atom stereocenters. The van der Waals surface area contributed by atoms with Crippen molar-refractivity contribution >= 4 is 11.7 Å². The van der Waals surface area contributed by atoms with Crippen LogP contribution in [-0.4, -0.2) is 47.5 Å². The Hall–Kier alpha value is -2.98. The van der Waals surface area contributed by atoms with Crippen LogP contribution in [0.5, 0.6) is 0 Å². The van der Waals surface area contributed by atoms with Gasteiger partial charge in [0.1, 0.15) is 17.7 Å². The van der Waals surface area contributed by atoms with E-state index in [2.05, 4.69) is 21.3 Å². The molecule has 2 aromatic rings. The maximum atomic E-state index is 14.1. The number of amides is 1. The molecule has 1 saturated carbocycles. The van der Waals surface area contributed by atoms with Gasteiger partial charge < -0.3 is 15.1 Å². The lowest BCUT2D eigenvalue weighted by molar-refractivity contribution is -0.134. The van der Waals surface area contributed by atoms with E-state index < -0.39 is 0 Å². The van der Waals surface area contributed by atoms with Crippen molar-refractivity contribution in [2.24, 2.45) is 0 Å². The Kier molecular flexibility index (Phi) is 4.67. The van der Waals surface area contributed by atoms with Gasteiger partial charge in [0.15, 0.2) is 0 Å². The van der Waals surface area contributed by atoms with Gasteiger partial charge in [-0.05, 0) is 37.5 Å². The quantitative estimate of drug-likeness (QED) is 0.800. The number of carbonyl (C=O) groups is 1. The number of piperidine rings is 1. The largest absolute Gasteiger partial charge is 0.347 e. The highest BCUT2D eigenvalue weighted by Gasteiger charge is 2.47. The summed E-state index contributed by atoms with van der Waals surface area (Å²) in [6.07, 6.45) is 4.90. The minimum absolute atomic E-state index is 0.147. The Morgan fingerprint density at radius 1 is 1.23 bits per heavy atom. The number of hydrogen-bond acceptors (Lipinski definition) is 5. The second-order valence-electron chi connectivity index (χ2n) is 8.50. The lowest BCUT2D eigenvalue weighted by Crippen LogP contribution is -2.70. The van der Waals surface area contributed by atoms with Crippen molar-refractivity contribution in [3.8, 4) is 6.07 Å². The molecule has 6 rings (SSSR count). The van der Waals surface area contributed by atoms with E-state index in [0.717, 1.165) is 25.1 Å². The normalized spacial score (nSPS) is 23.5. The van der Waals surface area contributed by atoms with Gasteiger partial charge in [-0.25, -0.2) is 9.37 Å². The standard InChI is InChI=1S/C23H24FN5O/c24-20-4-2-1-3-19(20)23(8-9-23)27-10-7-22(30)28-14-17-11-18(15-28)29(17)21-6-5-16(12-25)13-26-21/h1-6,13,17-18,27H,7-11,14-15H2. The van der Waals surface area contributed by atoms with Crippen LogP contribution in [0.25, 0.3) is 0 Å². The molecule has 3 saturated heterocycles. The smallest absolute Gasteiger partial charge is 0.223 e. The van der Waals surface area contributed by atoms with E-state index in [1.54, 1.807) is 18.3 Å². The van der Waals surface area contributed by atoms with Gasteiger partial charge in [-0.3, -0.25) is 4.79 Å². The van der Waals surface area contributed by atoms with E-state index in [9.17, 15) is 9.18 Å². The van der Waals surface area contributed by atoms with E-state index in [4.69, 9.17) is 5.26 Å². The Morgan fingerprint density at radius 2 is 2.00 bits per heavy atom. The van der Waals surface area contributed by atoms with E-state index in [1.165, 1.54) is 6.07 Å². The lowest BCUT2D eigenvalue weighted by atomic mass is 9.87. The summed E-state index contributed by atoms with van der Waals surface area (Å²) >= 11 is 0. The monoisotopic (exact) mass is 405 g/mol. The molecular formula is C23H24FN5O. The van der Waals surface area contributed by atoms with Gasteiger partial charge in [-0.15, -0.1) is 0 Å². The first-order valence-corrected chi connectivity index (χ1v) is 10.5. The number of nitrogens with one attached hydrogen (secondary N) is 1. The number of carbonyl (C=O) groups excluding carboxylic acids is 1. The van der Waals surface area contributed by atoms with Crippen LogP contribution in [-0.2, 0) is 10.3 Å². The first kappa shape index (κ1) is 19.0. The van der Waals surface area contributed by atoms with Gasteiger partial charge in [0.2, 0.25) is 5.91 Å². The molecule has 1 aromatic carbocycles. The van der Waals surface area contributed by atoms with Crippen molar-refractivity contribution in [1.82, 2.24) is 15.2 Å². The van der Waals surface area contributed by atoms with Gasteiger partial charge in [0, 0.05) is 43.4 Å². The molecule has 0 spiro atoms. The summed E-state index contributed by atoms with van der Waals surface area (Å²) < 4.78 is 14.1. The zero-order valence-corrected chi connectivity index (χ0v) is 16.7. The van der Waals surface area contributed by atoms with Crippen molar-refractivity contribution < 1.29 is 9.18 Å². The molecule has 4 heterocycles. The number of hydrogen-bond donors (Lipinski definition) is 1. The molecule has 4 aliphatic rings. The summed E-state index contributed by atoms with van der Waals surface area (Å²) in [4.78, 5) is 21.4. The average Bonchev–Trinajstić information content (AvgIpc) is 3.55. The van der Waals surface area contributed by atoms with Gasteiger partial charge in [0.25, 0.3) is 0 Å². The third kappa shape index (κ3) is 3.31. The number of aromatic nitrogens is 1. The number of anilines is 1. The number of piperazine rings is 1. The Morgan fingerprint density at radius 3 is 2.63 bits per heavy atom. The number of fused-ring (bicyclic) bond motifs is 2. The predicted molar refractivity (Wildman–Crippen MR) is 110 cm³/mol. The molecule has 6 nitrogen and oxygen atoms in total. The Labute approximate surface area is 175 Å². The molecule has 0 radical (unpaired) electrons. The number of nitrogens with zero attached hydrogens (tertiary/aromatic N) is 4. The summed E-state index contributed by atoms with van der Waals surface area (Å²) in [6.45, 7) is 1.96. The maximum Gasteiger partial charge on any atom is 0.223 e. The molecule has 4 fully saturated rings. The van der Waals surface area contributed by atoms with Crippen LogP contribution in [0.15, 0.2) is 42.6 Å². The number of benzene rings is 1. The summed E-state index contributed by atoms with van der Waals surface area (Å²) in [7, 11) is 0. The molecular weight excluding hydrogens is 381 g/mol. The second kappa shape index (κ2) is 7.37. The topological polar surface area (TPSA) is 72.3 Å². The predicted octanol–water partition coefficient (Wildman–Crippen LogP) is 2.55. The highest BCUT2D eigenvalue weighted by Crippen LogP contribution is 2.46. The minimum Gasteiger partial charge on any atom is -0.347 e.